The minimum Gasteiger partial charge on any atom is -0.384 e. The third-order valence-corrected chi connectivity index (χ3v) is 1.25. The predicted octanol–water partition coefficient (Wildman–Crippen LogP) is 0.844. The first kappa shape index (κ1) is 6.56. The van der Waals surface area contributed by atoms with Crippen LogP contribution in [0, 0.1) is 18.3 Å². The first-order valence-electron chi connectivity index (χ1n) is 2.86. The summed E-state index contributed by atoms with van der Waals surface area (Å²) in [5, 5.41) is 8.48. The van der Waals surface area contributed by atoms with Crippen molar-refractivity contribution in [3.05, 3.63) is 23.4 Å². The molecule has 0 fully saturated rings. The minimum absolute atomic E-state index is 0.455. The lowest BCUT2D eigenvalue weighted by Crippen LogP contribution is -1.92. The lowest BCUT2D eigenvalue weighted by Gasteiger charge is -1.95. The Labute approximate surface area is 59.1 Å². The number of nitrogens with two attached hydrogens (primary N) is 1. The van der Waals surface area contributed by atoms with E-state index < -0.39 is 0 Å². The molecule has 2 N–H and O–H groups in total. The first-order valence-corrected chi connectivity index (χ1v) is 2.86. The second kappa shape index (κ2) is 2.36. The molecule has 0 bridgehead atoms. The Hall–Kier alpha value is -1.56. The van der Waals surface area contributed by atoms with E-state index in [1.54, 1.807) is 6.07 Å². The zero-order chi connectivity index (χ0) is 7.56. The monoisotopic (exact) mass is 133 g/mol. The molecule has 0 unspecified atom stereocenters. The van der Waals surface area contributed by atoms with Gasteiger partial charge in [0.05, 0.1) is 5.56 Å². The topological polar surface area (TPSA) is 62.7 Å². The Bertz CT molecular complexity index is 285. The normalized spacial score (nSPS) is 8.80. The van der Waals surface area contributed by atoms with E-state index in [1.807, 2.05) is 13.0 Å². The predicted molar refractivity (Wildman–Crippen MR) is 38.1 cm³/mol. The lowest BCUT2D eigenvalue weighted by atomic mass is 10.2. The van der Waals surface area contributed by atoms with Crippen LogP contribution in [0.4, 0.5) is 5.82 Å². The number of nitrogens with zero attached hydrogens (tertiary/aromatic N) is 2. The lowest BCUT2D eigenvalue weighted by molar-refractivity contribution is 1.26. The fraction of sp³-hybridized carbons (Fsp3) is 0.143. The van der Waals surface area contributed by atoms with E-state index >= 15 is 0 Å². The molecule has 0 radical (unpaired) electrons. The molecule has 3 heteroatoms. The van der Waals surface area contributed by atoms with Gasteiger partial charge in [-0.25, -0.2) is 4.98 Å². The van der Waals surface area contributed by atoms with Crippen LogP contribution in [-0.4, -0.2) is 4.98 Å². The smallest absolute Gasteiger partial charge is 0.123 e. The van der Waals surface area contributed by atoms with Crippen LogP contribution in [0.15, 0.2) is 12.3 Å². The van der Waals surface area contributed by atoms with Crippen molar-refractivity contribution in [2.45, 2.75) is 6.92 Å². The average Bonchev–Trinajstić information content (AvgIpc) is 1.88. The van der Waals surface area contributed by atoms with Crippen molar-refractivity contribution in [1.29, 1.82) is 5.26 Å². The molecule has 0 aromatic carbocycles. The largest absolute Gasteiger partial charge is 0.384 e. The quantitative estimate of drug-likeness (QED) is 0.570. The molecule has 0 aliphatic rings. The van der Waals surface area contributed by atoms with E-state index in [-0.39, 0.29) is 0 Å². The van der Waals surface area contributed by atoms with Crippen LogP contribution >= 0.6 is 0 Å². The van der Waals surface area contributed by atoms with Crippen LogP contribution in [0.3, 0.4) is 0 Å². The fourth-order valence-electron chi connectivity index (χ4n) is 0.695. The number of hydrogen-bond donors (Lipinski definition) is 1. The highest BCUT2D eigenvalue weighted by Gasteiger charge is 1.95. The van der Waals surface area contributed by atoms with Crippen molar-refractivity contribution in [2.24, 2.45) is 0 Å². The van der Waals surface area contributed by atoms with Crippen LogP contribution in [0.5, 0.6) is 0 Å². The van der Waals surface area contributed by atoms with E-state index in [1.165, 1.54) is 6.20 Å². The van der Waals surface area contributed by atoms with E-state index in [9.17, 15) is 0 Å². The van der Waals surface area contributed by atoms with Gasteiger partial charge >= 0.3 is 0 Å². The van der Waals surface area contributed by atoms with Gasteiger partial charge in [0.25, 0.3) is 0 Å². The third kappa shape index (κ3) is 1.06. The summed E-state index contributed by atoms with van der Waals surface area (Å²) in [7, 11) is 0. The maximum Gasteiger partial charge on any atom is 0.123 e. The van der Waals surface area contributed by atoms with Gasteiger partial charge in [0.15, 0.2) is 0 Å². The minimum atomic E-state index is 0.455. The summed E-state index contributed by atoms with van der Waals surface area (Å²) in [6.45, 7) is 1.83. The van der Waals surface area contributed by atoms with Crippen molar-refractivity contribution >= 4 is 5.82 Å². The van der Waals surface area contributed by atoms with E-state index in [0.29, 0.717) is 11.4 Å². The molecule has 0 aliphatic carbocycles. The zero-order valence-electron chi connectivity index (χ0n) is 5.63. The summed E-state index contributed by atoms with van der Waals surface area (Å²) in [4.78, 5) is 3.77. The van der Waals surface area contributed by atoms with Crippen LogP contribution < -0.4 is 5.73 Å². The second-order valence-electron chi connectivity index (χ2n) is 2.04. The summed E-state index contributed by atoms with van der Waals surface area (Å²) in [6.07, 6.45) is 1.48. The van der Waals surface area contributed by atoms with Crippen LogP contribution in [-0.2, 0) is 0 Å². The molecule has 50 valence electrons. The Morgan fingerprint density at radius 2 is 2.40 bits per heavy atom. The molecular formula is C7H7N3. The highest BCUT2D eigenvalue weighted by molar-refractivity contribution is 5.41. The molecule has 0 saturated heterocycles. The van der Waals surface area contributed by atoms with E-state index in [4.69, 9.17) is 11.0 Å². The molecule has 0 saturated carbocycles. The average molecular weight is 133 g/mol. The van der Waals surface area contributed by atoms with Gasteiger partial charge in [0, 0.05) is 6.20 Å². The summed E-state index contributed by atoms with van der Waals surface area (Å²) in [5.41, 5.74) is 6.81. The van der Waals surface area contributed by atoms with Crippen molar-refractivity contribution in [3.63, 3.8) is 0 Å². The highest BCUT2D eigenvalue weighted by Crippen LogP contribution is 2.06. The fourth-order valence-corrected chi connectivity index (χ4v) is 0.695. The second-order valence-corrected chi connectivity index (χ2v) is 2.04. The number of hydrogen-bond acceptors (Lipinski definition) is 3. The van der Waals surface area contributed by atoms with Crippen molar-refractivity contribution in [1.82, 2.24) is 4.98 Å². The number of aryl methyl sites for hydroxylation is 1. The Kier molecular flexibility index (Phi) is 1.55. The Morgan fingerprint density at radius 1 is 1.70 bits per heavy atom. The third-order valence-electron chi connectivity index (χ3n) is 1.25. The molecule has 0 aliphatic heterocycles. The summed E-state index contributed by atoms with van der Waals surface area (Å²) in [5.74, 6) is 0.455. The molecule has 10 heavy (non-hydrogen) atoms. The molecule has 1 heterocycles. The maximum absolute atomic E-state index is 8.48. The summed E-state index contributed by atoms with van der Waals surface area (Å²) in [6, 6.07) is 3.68. The summed E-state index contributed by atoms with van der Waals surface area (Å²) >= 11 is 0. The summed E-state index contributed by atoms with van der Waals surface area (Å²) < 4.78 is 0. The molecule has 0 atom stereocenters. The van der Waals surface area contributed by atoms with E-state index in [2.05, 4.69) is 4.98 Å². The molecule has 1 aromatic heterocycles. The number of nitrogen functional groups attached to an aromatic ring is 1. The Morgan fingerprint density at radius 3 is 2.90 bits per heavy atom. The highest BCUT2D eigenvalue weighted by atomic mass is 14.8. The SMILES string of the molecule is Cc1cc(N)ncc1C#N. The number of aromatic nitrogens is 1. The molecule has 0 spiro atoms. The number of pyridine rings is 1. The van der Waals surface area contributed by atoms with Gasteiger partial charge in [-0.05, 0) is 18.6 Å². The van der Waals surface area contributed by atoms with Gasteiger partial charge in [0.1, 0.15) is 11.9 Å². The maximum atomic E-state index is 8.48. The van der Waals surface area contributed by atoms with Gasteiger partial charge < -0.3 is 5.73 Å². The van der Waals surface area contributed by atoms with Gasteiger partial charge in [-0.3, -0.25) is 0 Å². The number of nitriles is 1. The van der Waals surface area contributed by atoms with Crippen molar-refractivity contribution < 1.29 is 0 Å². The van der Waals surface area contributed by atoms with Gasteiger partial charge in [-0.2, -0.15) is 5.26 Å². The number of anilines is 1. The van der Waals surface area contributed by atoms with Gasteiger partial charge in [-0.15, -0.1) is 0 Å². The molecule has 1 aromatic rings. The standard InChI is InChI=1S/C7H7N3/c1-5-2-7(9)10-4-6(5)3-8/h2,4H,1H3,(H2,9,10). The first-order chi connectivity index (χ1) is 4.74. The van der Waals surface area contributed by atoms with Crippen LogP contribution in [0.2, 0.25) is 0 Å². The van der Waals surface area contributed by atoms with Crippen molar-refractivity contribution in [2.75, 3.05) is 5.73 Å². The van der Waals surface area contributed by atoms with Gasteiger partial charge in [0.2, 0.25) is 0 Å². The molecule has 0 amide bonds. The molecular weight excluding hydrogens is 126 g/mol. The zero-order valence-corrected chi connectivity index (χ0v) is 5.63. The molecule has 1 rings (SSSR count). The van der Waals surface area contributed by atoms with Crippen LogP contribution in [0.25, 0.3) is 0 Å². The van der Waals surface area contributed by atoms with Crippen LogP contribution in [0.1, 0.15) is 11.1 Å². The molecule has 3 nitrogen and oxygen atoms in total. The van der Waals surface area contributed by atoms with Gasteiger partial charge in [-0.1, -0.05) is 0 Å². The Balaban J connectivity index is 3.23. The van der Waals surface area contributed by atoms with Crippen molar-refractivity contribution in [3.8, 4) is 6.07 Å². The van der Waals surface area contributed by atoms with E-state index in [0.717, 1.165) is 5.56 Å². The number of rotatable bonds is 0.